The zero-order valence-corrected chi connectivity index (χ0v) is 32.6. The summed E-state index contributed by atoms with van der Waals surface area (Å²) < 4.78 is 10.8. The van der Waals surface area contributed by atoms with E-state index in [9.17, 15) is 20.1 Å². The highest BCUT2D eigenvalue weighted by atomic mass is 16.5. The first-order valence-corrected chi connectivity index (χ1v) is 19.5. The smallest absolute Gasteiger partial charge is 0.341 e. The van der Waals surface area contributed by atoms with Gasteiger partial charge in [-0.1, -0.05) is 18.2 Å². The van der Waals surface area contributed by atoms with E-state index >= 15 is 0 Å². The number of phenols is 2. The molecule has 18 heteroatoms. The maximum Gasteiger partial charge on any atom is 0.341 e. The molecule has 0 unspecified atom stereocenters. The third-order valence-electron chi connectivity index (χ3n) is 10.2. The topological polar surface area (TPSA) is 236 Å². The molecule has 7 N–H and O–H groups in total. The van der Waals surface area contributed by atoms with Gasteiger partial charge in [-0.3, -0.25) is 10.2 Å². The number of ether oxygens (including phenoxy) is 2. The Hall–Kier alpha value is -7.83. The largest absolute Gasteiger partial charge is 0.508 e. The van der Waals surface area contributed by atoms with Crippen LogP contribution in [0.2, 0.25) is 0 Å². The first-order valence-electron chi connectivity index (χ1n) is 19.5. The number of morpholine rings is 2. The van der Waals surface area contributed by atoms with Crippen LogP contribution >= 0.6 is 0 Å². The fraction of sp³-hybridized carbons (Fsp3) is 0.186. The van der Waals surface area contributed by atoms with E-state index in [1.807, 2.05) is 59.5 Å². The van der Waals surface area contributed by atoms with Gasteiger partial charge in [0.25, 0.3) is 0 Å². The van der Waals surface area contributed by atoms with Crippen LogP contribution in [0.15, 0.2) is 104 Å². The number of benzene rings is 4. The Kier molecular flexibility index (Phi) is 10.9. The van der Waals surface area contributed by atoms with Crippen LogP contribution in [0.1, 0.15) is 10.4 Å². The summed E-state index contributed by atoms with van der Waals surface area (Å²) in [6.07, 6.45) is 5.18. The number of hydrogen-bond acceptors (Lipinski definition) is 15. The molecule has 308 valence electrons. The number of aromatic hydroxyl groups is 2. The number of aromatic amines is 2. The molecule has 8 aromatic rings. The number of hydrogen-bond donors (Lipinski definition) is 7. The van der Waals surface area contributed by atoms with Gasteiger partial charge in [-0.15, -0.1) is 0 Å². The summed E-state index contributed by atoms with van der Waals surface area (Å²) in [5.74, 6) is 0.188. The lowest BCUT2D eigenvalue weighted by Crippen LogP contribution is -2.37. The van der Waals surface area contributed by atoms with E-state index in [0.717, 1.165) is 40.6 Å². The maximum atomic E-state index is 12.3. The summed E-state index contributed by atoms with van der Waals surface area (Å²) in [7, 11) is 0. The average molecular weight is 821 g/mol. The van der Waals surface area contributed by atoms with E-state index in [4.69, 9.17) is 9.47 Å². The SMILES string of the molecule is O=C(O)c1c(Nc2ccc3[nH]ncc3c2)nc(N2CCOCC2)nc1-c1cccc(O)c1.Oc1c(Nc2ccc3[nH]ncc3c2)cccc1-c1ccnc(N2CCOCC2)n1. The molecular weight excluding hydrogens is 781 g/mol. The number of phenolic OH excluding ortho intramolecular Hbond substituents is 2. The Morgan fingerprint density at radius 2 is 1.33 bits per heavy atom. The average Bonchev–Trinajstić information content (AvgIpc) is 3.97. The molecule has 0 atom stereocenters. The molecule has 10 rings (SSSR count). The van der Waals surface area contributed by atoms with Crippen molar-refractivity contribution in [1.82, 2.24) is 40.3 Å². The number of aromatic carboxylic acids is 1. The van der Waals surface area contributed by atoms with Crippen LogP contribution in [0.3, 0.4) is 0 Å². The number of para-hydroxylation sites is 1. The number of H-pyrrole nitrogens is 2. The van der Waals surface area contributed by atoms with Gasteiger partial charge >= 0.3 is 5.97 Å². The van der Waals surface area contributed by atoms with E-state index in [2.05, 4.69) is 55.9 Å². The summed E-state index contributed by atoms with van der Waals surface area (Å²) in [6, 6.07) is 25.1. The molecule has 0 radical (unpaired) electrons. The molecule has 61 heavy (non-hydrogen) atoms. The molecule has 0 spiro atoms. The predicted molar refractivity (Wildman–Crippen MR) is 230 cm³/mol. The van der Waals surface area contributed by atoms with Gasteiger partial charge in [0.05, 0.1) is 66.9 Å². The van der Waals surface area contributed by atoms with Gasteiger partial charge < -0.3 is 45.2 Å². The molecule has 6 heterocycles. The van der Waals surface area contributed by atoms with E-state index < -0.39 is 5.97 Å². The van der Waals surface area contributed by atoms with Crippen molar-refractivity contribution >= 4 is 62.6 Å². The molecule has 0 saturated carbocycles. The van der Waals surface area contributed by atoms with E-state index in [1.165, 1.54) is 12.1 Å². The van der Waals surface area contributed by atoms with Crippen molar-refractivity contribution in [2.24, 2.45) is 0 Å². The lowest BCUT2D eigenvalue weighted by molar-refractivity contribution is 0.0698. The van der Waals surface area contributed by atoms with Crippen LogP contribution < -0.4 is 20.4 Å². The lowest BCUT2D eigenvalue weighted by Gasteiger charge is -2.28. The van der Waals surface area contributed by atoms with Crippen LogP contribution in [0, 0.1) is 0 Å². The zero-order chi connectivity index (χ0) is 41.7. The predicted octanol–water partition coefficient (Wildman–Crippen LogP) is 6.31. The molecule has 0 bridgehead atoms. The Bertz CT molecular complexity index is 2840. The van der Waals surface area contributed by atoms with Gasteiger partial charge in [-0.05, 0) is 66.7 Å². The van der Waals surface area contributed by atoms with Crippen molar-refractivity contribution in [1.29, 1.82) is 0 Å². The number of nitrogens with one attached hydrogen (secondary N) is 4. The van der Waals surface area contributed by atoms with Crippen LogP contribution in [0.4, 0.5) is 34.8 Å². The number of rotatable bonds is 9. The van der Waals surface area contributed by atoms with Crippen LogP contribution in [-0.4, -0.2) is 114 Å². The molecule has 2 saturated heterocycles. The molecule has 0 amide bonds. The van der Waals surface area contributed by atoms with Crippen molar-refractivity contribution in [2.75, 3.05) is 73.0 Å². The number of carbonyl (C=O) groups is 1. The summed E-state index contributed by atoms with van der Waals surface area (Å²) in [5.41, 5.74) is 5.90. The number of anilines is 6. The highest BCUT2D eigenvalue weighted by Gasteiger charge is 2.25. The van der Waals surface area contributed by atoms with E-state index in [-0.39, 0.29) is 28.6 Å². The molecule has 2 aliphatic rings. The minimum Gasteiger partial charge on any atom is -0.508 e. The van der Waals surface area contributed by atoms with Crippen LogP contribution in [0.5, 0.6) is 11.5 Å². The second-order valence-electron chi connectivity index (χ2n) is 14.2. The molecule has 4 aromatic carbocycles. The molecule has 0 aliphatic carbocycles. The van der Waals surface area contributed by atoms with Gasteiger partial charge in [-0.2, -0.15) is 15.2 Å². The maximum absolute atomic E-state index is 12.3. The Morgan fingerprint density at radius 3 is 1.98 bits per heavy atom. The Labute approximate surface area is 347 Å². The van der Waals surface area contributed by atoms with Gasteiger partial charge in [0.1, 0.15) is 17.1 Å². The van der Waals surface area contributed by atoms with Crippen molar-refractivity contribution in [3.63, 3.8) is 0 Å². The van der Waals surface area contributed by atoms with Crippen molar-refractivity contribution in [3.05, 3.63) is 109 Å². The third kappa shape index (κ3) is 8.52. The minimum absolute atomic E-state index is 0.0188. The molecular formula is C43H40N12O6. The first kappa shape index (κ1) is 38.7. The monoisotopic (exact) mass is 820 g/mol. The fourth-order valence-electron chi connectivity index (χ4n) is 7.11. The standard InChI is InChI=1S/C22H20N6O4.C21H20N6O2/c29-16-3-1-2-13(11-16)19-18(21(30)31)20(26-22(25-19)28-6-8-32-9-7-28)24-15-4-5-17-14(10-15)12-23-27-17;28-20-16(18-6-7-22-21(25-18)27-8-10-29-11-9-27)2-1-3-19(20)24-15-4-5-17-14(12-15)13-23-26-17/h1-5,10-12,29H,6-9H2,(H,23,27)(H,30,31)(H,24,25,26);1-7,12-13,24,28H,8-11H2,(H,23,26). The Balaban J connectivity index is 0.000000157. The number of fused-ring (bicyclic) bond motifs is 2. The van der Waals surface area contributed by atoms with Crippen molar-refractivity contribution < 1.29 is 29.6 Å². The second kappa shape index (κ2) is 17.2. The van der Waals surface area contributed by atoms with Gasteiger partial charge in [0.2, 0.25) is 11.9 Å². The summed E-state index contributed by atoms with van der Waals surface area (Å²) in [4.78, 5) is 34.6. The third-order valence-corrected chi connectivity index (χ3v) is 10.2. The molecule has 4 aromatic heterocycles. The quantitative estimate of drug-likeness (QED) is 0.0790. The number of aromatic nitrogens is 8. The lowest BCUT2D eigenvalue weighted by atomic mass is 10.1. The highest BCUT2D eigenvalue weighted by molar-refractivity contribution is 6.01. The molecule has 2 aliphatic heterocycles. The minimum atomic E-state index is -1.18. The summed E-state index contributed by atoms with van der Waals surface area (Å²) in [6.45, 7) is 5.09. The summed E-state index contributed by atoms with van der Waals surface area (Å²) >= 11 is 0. The number of carboxylic acids is 1. The van der Waals surface area contributed by atoms with Crippen molar-refractivity contribution in [3.8, 4) is 34.0 Å². The first-order chi connectivity index (χ1) is 29.9. The van der Waals surface area contributed by atoms with Crippen molar-refractivity contribution in [2.45, 2.75) is 0 Å². The molecule has 2 fully saturated rings. The van der Waals surface area contributed by atoms with Gasteiger partial charge in [0, 0.05) is 65.6 Å². The van der Waals surface area contributed by atoms with Gasteiger partial charge in [0.15, 0.2) is 5.82 Å². The highest BCUT2D eigenvalue weighted by Crippen LogP contribution is 2.37. The Morgan fingerprint density at radius 1 is 0.689 bits per heavy atom. The van der Waals surface area contributed by atoms with Crippen LogP contribution in [0.25, 0.3) is 44.3 Å². The zero-order valence-electron chi connectivity index (χ0n) is 32.6. The van der Waals surface area contributed by atoms with E-state index in [1.54, 1.807) is 36.8 Å². The fourth-order valence-corrected chi connectivity index (χ4v) is 7.11. The van der Waals surface area contributed by atoms with E-state index in [0.29, 0.717) is 79.6 Å². The van der Waals surface area contributed by atoms with Gasteiger partial charge in [-0.25, -0.2) is 19.7 Å². The normalized spacial score (nSPS) is 14.1. The number of carboxylic acid groups (broad SMARTS) is 1. The molecule has 18 nitrogen and oxygen atoms in total. The number of nitrogens with zero attached hydrogens (tertiary/aromatic N) is 8. The summed E-state index contributed by atoms with van der Waals surface area (Å²) in [5, 5.41) is 53.1. The second-order valence-corrected chi connectivity index (χ2v) is 14.2. The van der Waals surface area contributed by atoms with Crippen LogP contribution in [-0.2, 0) is 9.47 Å².